The summed E-state index contributed by atoms with van der Waals surface area (Å²) in [4.78, 5) is 10.9. The minimum Gasteiger partial charge on any atom is -0.393 e. The zero-order chi connectivity index (χ0) is 9.40. The summed E-state index contributed by atoms with van der Waals surface area (Å²) in [5, 5.41) is 11.5. The molecule has 0 aliphatic heterocycles. The van der Waals surface area contributed by atoms with Gasteiger partial charge in [-0.1, -0.05) is 0 Å². The first-order chi connectivity index (χ1) is 5.66. The van der Waals surface area contributed by atoms with Crippen LogP contribution in [0.1, 0.15) is 19.8 Å². The van der Waals surface area contributed by atoms with E-state index in [2.05, 4.69) is 5.32 Å². The number of aliphatic hydroxyl groups excluding tert-OH is 1. The van der Waals surface area contributed by atoms with Crippen molar-refractivity contribution in [1.82, 2.24) is 5.32 Å². The molecule has 0 bridgehead atoms. The van der Waals surface area contributed by atoms with Crippen LogP contribution in [0.3, 0.4) is 0 Å². The number of nitrogens with one attached hydrogen (secondary N) is 1. The summed E-state index contributed by atoms with van der Waals surface area (Å²) in [7, 11) is 1.56. The van der Waals surface area contributed by atoms with Gasteiger partial charge < -0.3 is 15.2 Å². The zero-order valence-corrected chi connectivity index (χ0v) is 7.67. The maximum Gasteiger partial charge on any atom is 0.222 e. The lowest BCUT2D eigenvalue weighted by Crippen LogP contribution is -2.27. The Kier molecular flexibility index (Phi) is 6.70. The van der Waals surface area contributed by atoms with Crippen molar-refractivity contribution in [3.8, 4) is 0 Å². The largest absolute Gasteiger partial charge is 0.393 e. The van der Waals surface area contributed by atoms with Crippen LogP contribution in [0, 0.1) is 0 Å². The lowest BCUT2D eigenvalue weighted by atomic mass is 10.3. The molecule has 1 unspecified atom stereocenters. The monoisotopic (exact) mass is 175 g/mol. The predicted octanol–water partition coefficient (Wildman–Crippen LogP) is -0.0900. The summed E-state index contributed by atoms with van der Waals surface area (Å²) >= 11 is 0. The fourth-order valence-electron chi connectivity index (χ4n) is 0.704. The molecule has 0 saturated carbocycles. The van der Waals surface area contributed by atoms with E-state index in [4.69, 9.17) is 9.84 Å². The third-order valence-electron chi connectivity index (χ3n) is 1.42. The number of rotatable bonds is 6. The quantitative estimate of drug-likeness (QED) is 0.593. The second-order valence-electron chi connectivity index (χ2n) is 2.73. The Morgan fingerprint density at radius 3 is 2.83 bits per heavy atom. The third-order valence-corrected chi connectivity index (χ3v) is 1.42. The Balaban J connectivity index is 3.20. The average Bonchev–Trinajstić information content (AvgIpc) is 2.00. The summed E-state index contributed by atoms with van der Waals surface area (Å²) in [6.45, 7) is 2.67. The molecule has 0 rings (SSSR count). The van der Waals surface area contributed by atoms with Gasteiger partial charge in [-0.25, -0.2) is 0 Å². The molecule has 1 amide bonds. The first-order valence-corrected chi connectivity index (χ1v) is 4.10. The van der Waals surface area contributed by atoms with E-state index >= 15 is 0 Å². The summed E-state index contributed by atoms with van der Waals surface area (Å²) in [5.74, 6) is -0.0301. The van der Waals surface area contributed by atoms with Crippen molar-refractivity contribution in [2.75, 3.05) is 20.3 Å². The minimum absolute atomic E-state index is 0.0301. The molecule has 12 heavy (non-hydrogen) atoms. The number of hydrogen-bond donors (Lipinski definition) is 2. The van der Waals surface area contributed by atoms with E-state index in [9.17, 15) is 4.79 Å². The number of carbonyl (C=O) groups is 1. The number of carbonyl (C=O) groups excluding carboxylic acids is 1. The highest BCUT2D eigenvalue weighted by molar-refractivity contribution is 5.75. The zero-order valence-electron chi connectivity index (χ0n) is 7.67. The molecular formula is C8H17NO3. The van der Waals surface area contributed by atoms with Gasteiger partial charge in [0.25, 0.3) is 0 Å². The molecule has 0 aromatic rings. The number of amides is 1. The molecule has 0 radical (unpaired) electrons. The van der Waals surface area contributed by atoms with E-state index in [1.54, 1.807) is 14.0 Å². The number of methoxy groups -OCH3 is 1. The molecule has 1 atom stereocenters. The van der Waals surface area contributed by atoms with Crippen LogP contribution in [-0.4, -0.2) is 37.4 Å². The summed E-state index contributed by atoms with van der Waals surface area (Å²) in [6, 6.07) is 0. The van der Waals surface area contributed by atoms with Crippen molar-refractivity contribution in [3.63, 3.8) is 0 Å². The molecule has 0 aromatic heterocycles. The Hall–Kier alpha value is -0.610. The molecule has 72 valence electrons. The van der Waals surface area contributed by atoms with Crippen molar-refractivity contribution < 1.29 is 14.6 Å². The molecule has 2 N–H and O–H groups in total. The number of hydrogen-bond acceptors (Lipinski definition) is 3. The van der Waals surface area contributed by atoms with Crippen LogP contribution >= 0.6 is 0 Å². The predicted molar refractivity (Wildman–Crippen MR) is 45.8 cm³/mol. The molecule has 0 spiro atoms. The summed E-state index contributed by atoms with van der Waals surface area (Å²) < 4.78 is 4.73. The van der Waals surface area contributed by atoms with Crippen molar-refractivity contribution in [3.05, 3.63) is 0 Å². The molecule has 0 aliphatic carbocycles. The van der Waals surface area contributed by atoms with E-state index in [1.807, 2.05) is 0 Å². The highest BCUT2D eigenvalue weighted by Crippen LogP contribution is 1.87. The van der Waals surface area contributed by atoms with Crippen LogP contribution in [0.4, 0.5) is 0 Å². The number of ether oxygens (including phenoxy) is 1. The molecule has 0 aliphatic rings. The van der Waals surface area contributed by atoms with Crippen molar-refractivity contribution in [1.29, 1.82) is 0 Å². The van der Waals surface area contributed by atoms with E-state index in [-0.39, 0.29) is 12.0 Å². The van der Waals surface area contributed by atoms with E-state index in [0.717, 1.165) is 0 Å². The van der Waals surface area contributed by atoms with Gasteiger partial charge in [-0.2, -0.15) is 0 Å². The molecular weight excluding hydrogens is 158 g/mol. The van der Waals surface area contributed by atoms with Gasteiger partial charge in [0.05, 0.1) is 12.7 Å². The first kappa shape index (κ1) is 11.4. The summed E-state index contributed by atoms with van der Waals surface area (Å²) in [6.07, 6.45) is 0.627. The van der Waals surface area contributed by atoms with Gasteiger partial charge in [0.2, 0.25) is 5.91 Å². The van der Waals surface area contributed by atoms with E-state index in [1.165, 1.54) is 0 Å². The van der Waals surface area contributed by atoms with Crippen molar-refractivity contribution in [2.45, 2.75) is 25.9 Å². The van der Waals surface area contributed by atoms with E-state index in [0.29, 0.717) is 26.0 Å². The lowest BCUT2D eigenvalue weighted by molar-refractivity contribution is -0.122. The molecule has 4 nitrogen and oxygen atoms in total. The van der Waals surface area contributed by atoms with Gasteiger partial charge in [0.1, 0.15) is 0 Å². The molecule has 4 heteroatoms. The average molecular weight is 175 g/mol. The Bertz CT molecular complexity index is 125. The van der Waals surface area contributed by atoms with Gasteiger partial charge in [0, 0.05) is 20.1 Å². The molecule has 0 fully saturated rings. The Morgan fingerprint density at radius 2 is 2.33 bits per heavy atom. The fraction of sp³-hybridized carbons (Fsp3) is 0.875. The molecule has 0 saturated heterocycles. The number of aliphatic hydroxyl groups is 1. The van der Waals surface area contributed by atoms with E-state index < -0.39 is 0 Å². The topological polar surface area (TPSA) is 58.6 Å². The molecule has 0 aromatic carbocycles. The van der Waals surface area contributed by atoms with Crippen molar-refractivity contribution in [2.24, 2.45) is 0 Å². The maximum atomic E-state index is 10.9. The van der Waals surface area contributed by atoms with Gasteiger partial charge >= 0.3 is 0 Å². The Morgan fingerprint density at radius 1 is 1.67 bits per heavy atom. The van der Waals surface area contributed by atoms with Crippen LogP contribution in [0.15, 0.2) is 0 Å². The summed E-state index contributed by atoms with van der Waals surface area (Å²) in [5.41, 5.74) is 0. The van der Waals surface area contributed by atoms with Gasteiger partial charge in [-0.15, -0.1) is 0 Å². The van der Waals surface area contributed by atoms with Crippen LogP contribution in [0.5, 0.6) is 0 Å². The lowest BCUT2D eigenvalue weighted by Gasteiger charge is -2.05. The van der Waals surface area contributed by atoms with Gasteiger partial charge in [-0.05, 0) is 13.3 Å². The highest BCUT2D eigenvalue weighted by atomic mass is 16.5. The molecule has 0 heterocycles. The normalized spacial score (nSPS) is 12.6. The van der Waals surface area contributed by atoms with Crippen LogP contribution in [0.2, 0.25) is 0 Å². The Labute approximate surface area is 72.9 Å². The van der Waals surface area contributed by atoms with Crippen molar-refractivity contribution >= 4 is 5.91 Å². The smallest absolute Gasteiger partial charge is 0.222 e. The maximum absolute atomic E-state index is 10.9. The standard InChI is InChI=1S/C8H17NO3/c1-7(10)3-5-9-8(11)4-6-12-2/h7,10H,3-6H2,1-2H3,(H,9,11). The second kappa shape index (κ2) is 7.06. The van der Waals surface area contributed by atoms with Gasteiger partial charge in [0.15, 0.2) is 0 Å². The van der Waals surface area contributed by atoms with Crippen LogP contribution < -0.4 is 5.32 Å². The van der Waals surface area contributed by atoms with Crippen LogP contribution in [0.25, 0.3) is 0 Å². The SMILES string of the molecule is COCCC(=O)NCCC(C)O. The second-order valence-corrected chi connectivity index (χ2v) is 2.73. The third kappa shape index (κ3) is 7.50. The van der Waals surface area contributed by atoms with Gasteiger partial charge in [-0.3, -0.25) is 4.79 Å². The van der Waals surface area contributed by atoms with Crippen LogP contribution in [-0.2, 0) is 9.53 Å². The highest BCUT2D eigenvalue weighted by Gasteiger charge is 2.00. The fourth-order valence-corrected chi connectivity index (χ4v) is 0.704. The minimum atomic E-state index is -0.354. The first-order valence-electron chi connectivity index (χ1n) is 4.10.